The first-order chi connectivity index (χ1) is 24.7. The summed E-state index contributed by atoms with van der Waals surface area (Å²) in [5.41, 5.74) is 1.56. The highest BCUT2D eigenvalue weighted by atomic mass is 79.9. The molecule has 0 spiro atoms. The highest BCUT2D eigenvalue weighted by Crippen LogP contribution is 2.38. The molecule has 0 aliphatic carbocycles. The van der Waals surface area contributed by atoms with Crippen molar-refractivity contribution in [1.82, 2.24) is 9.78 Å². The summed E-state index contributed by atoms with van der Waals surface area (Å²) in [4.78, 5) is 26.5. The zero-order chi connectivity index (χ0) is 39.3. The number of hydrogen-bond acceptors (Lipinski definition) is 11. The standard InChI is InChI=1S/C34H37BrN8O8S2/c1-6-42(16-9-17-52(46,47)48)23-13-14-27(28(19-23)37-21(2)44)39-40-32-25(20-36)31(34(3,4)5)41-43(32)29-15-12-22(18-26(29)35)38-33(45)24-10-7-8-11-30(24)53(49,50)51/h7-8,10-15,18-19H,6,9,16-17H2,1-5H3,(H,37,44)(H,38,45)(H,46,47,48)(H,49,50,51)/b40-39+. The first-order valence-electron chi connectivity index (χ1n) is 16.0. The highest BCUT2D eigenvalue weighted by molar-refractivity contribution is 9.10. The molecule has 0 aliphatic heterocycles. The van der Waals surface area contributed by atoms with E-state index < -0.39 is 42.2 Å². The zero-order valence-electron chi connectivity index (χ0n) is 29.3. The minimum absolute atomic E-state index is 0.0650. The molecule has 1 heterocycles. The Balaban J connectivity index is 1.75. The molecule has 19 heteroatoms. The lowest BCUT2D eigenvalue weighted by Crippen LogP contribution is -2.25. The zero-order valence-corrected chi connectivity index (χ0v) is 32.5. The molecule has 4 aromatic rings. The molecule has 53 heavy (non-hydrogen) atoms. The average molecular weight is 830 g/mol. The third-order valence-corrected chi connectivity index (χ3v) is 10.00. The molecule has 16 nitrogen and oxygen atoms in total. The number of aromatic nitrogens is 2. The van der Waals surface area contributed by atoms with E-state index in [0.717, 1.165) is 6.07 Å². The summed E-state index contributed by atoms with van der Waals surface area (Å²) < 4.78 is 66.6. The van der Waals surface area contributed by atoms with Crippen molar-refractivity contribution in [2.24, 2.45) is 10.2 Å². The molecule has 280 valence electrons. The summed E-state index contributed by atoms with van der Waals surface area (Å²) in [7, 11) is -8.79. The molecule has 0 fully saturated rings. The molecular weight excluding hydrogens is 792 g/mol. The molecule has 0 aliphatic rings. The number of hydrogen-bond donors (Lipinski definition) is 4. The number of anilines is 3. The van der Waals surface area contributed by atoms with Crippen molar-refractivity contribution < 1.29 is 35.5 Å². The van der Waals surface area contributed by atoms with Gasteiger partial charge in [-0.3, -0.25) is 18.7 Å². The SMILES string of the molecule is CCN(CCCS(=O)(=O)O)c1ccc(/N=N/c2c(C#N)c(C(C)(C)C)nn2-c2ccc(NC(=O)c3ccccc3S(=O)(=O)O)cc2Br)c(NC(C)=O)c1. The van der Waals surface area contributed by atoms with Gasteiger partial charge in [-0.25, -0.2) is 4.68 Å². The predicted molar refractivity (Wildman–Crippen MR) is 203 cm³/mol. The van der Waals surface area contributed by atoms with Gasteiger partial charge in [-0.15, -0.1) is 10.2 Å². The summed E-state index contributed by atoms with van der Waals surface area (Å²) >= 11 is 3.51. The second-order valence-corrected chi connectivity index (χ2v) is 16.5. The van der Waals surface area contributed by atoms with Gasteiger partial charge in [0.25, 0.3) is 26.1 Å². The van der Waals surface area contributed by atoms with E-state index in [4.69, 9.17) is 9.65 Å². The van der Waals surface area contributed by atoms with Crippen molar-refractivity contribution in [3.63, 3.8) is 0 Å². The van der Waals surface area contributed by atoms with E-state index in [2.05, 4.69) is 42.9 Å². The van der Waals surface area contributed by atoms with Gasteiger partial charge < -0.3 is 15.5 Å². The third-order valence-electron chi connectivity index (χ3n) is 7.65. The number of nitrogens with one attached hydrogen (secondary N) is 2. The number of carbonyl (C=O) groups excluding carboxylic acids is 2. The fourth-order valence-electron chi connectivity index (χ4n) is 5.24. The van der Waals surface area contributed by atoms with Crippen LogP contribution in [0.5, 0.6) is 0 Å². The summed E-state index contributed by atoms with van der Waals surface area (Å²) in [5, 5.41) is 29.2. The quantitative estimate of drug-likeness (QED) is 0.0809. The second-order valence-electron chi connectivity index (χ2n) is 12.7. The van der Waals surface area contributed by atoms with Crippen LogP contribution in [-0.4, -0.2) is 66.4 Å². The molecule has 0 saturated heterocycles. The highest BCUT2D eigenvalue weighted by Gasteiger charge is 2.29. The Morgan fingerprint density at radius 1 is 1.02 bits per heavy atom. The van der Waals surface area contributed by atoms with Crippen LogP contribution < -0.4 is 15.5 Å². The maximum Gasteiger partial charge on any atom is 0.295 e. The topological polar surface area (TPSA) is 237 Å². The summed E-state index contributed by atoms with van der Waals surface area (Å²) in [6, 6.07) is 17.0. The van der Waals surface area contributed by atoms with Crippen LogP contribution in [0.1, 0.15) is 62.7 Å². The van der Waals surface area contributed by atoms with Crippen LogP contribution >= 0.6 is 15.9 Å². The van der Waals surface area contributed by atoms with Gasteiger partial charge in [-0.1, -0.05) is 32.9 Å². The molecule has 0 bridgehead atoms. The molecular formula is C34H37BrN8O8S2. The van der Waals surface area contributed by atoms with E-state index >= 15 is 0 Å². The van der Waals surface area contributed by atoms with Crippen LogP contribution in [-0.2, 0) is 30.4 Å². The monoisotopic (exact) mass is 828 g/mol. The normalized spacial score (nSPS) is 12.1. The largest absolute Gasteiger partial charge is 0.372 e. The van der Waals surface area contributed by atoms with E-state index in [9.17, 15) is 36.2 Å². The van der Waals surface area contributed by atoms with Crippen LogP contribution in [0.3, 0.4) is 0 Å². The van der Waals surface area contributed by atoms with Crippen LogP contribution in [0.15, 0.2) is 80.3 Å². The minimum Gasteiger partial charge on any atom is -0.372 e. The summed E-state index contributed by atoms with van der Waals surface area (Å²) in [6.45, 7) is 9.64. The Kier molecular flexibility index (Phi) is 12.6. The summed E-state index contributed by atoms with van der Waals surface area (Å²) in [5.74, 6) is -1.51. The van der Waals surface area contributed by atoms with Crippen molar-refractivity contribution in [1.29, 1.82) is 5.26 Å². The Bertz CT molecular complexity index is 2350. The first kappa shape index (κ1) is 40.8. The lowest BCUT2D eigenvalue weighted by molar-refractivity contribution is -0.114. The van der Waals surface area contributed by atoms with E-state index in [-0.39, 0.29) is 40.6 Å². The molecule has 3 aromatic carbocycles. The minimum atomic E-state index is -4.67. The number of rotatable bonds is 13. The van der Waals surface area contributed by atoms with Gasteiger partial charge in [0.1, 0.15) is 22.2 Å². The molecule has 0 atom stereocenters. The molecule has 2 amide bonds. The molecule has 0 radical (unpaired) electrons. The summed E-state index contributed by atoms with van der Waals surface area (Å²) in [6.07, 6.45) is 0.172. The molecule has 1 aromatic heterocycles. The maximum absolute atomic E-state index is 13.0. The second kappa shape index (κ2) is 16.3. The molecule has 4 N–H and O–H groups in total. The lowest BCUT2D eigenvalue weighted by atomic mass is 9.90. The lowest BCUT2D eigenvalue weighted by Gasteiger charge is -2.24. The van der Waals surface area contributed by atoms with Gasteiger partial charge in [0.2, 0.25) is 5.91 Å². The number of halogens is 1. The number of nitriles is 1. The fourth-order valence-corrected chi connectivity index (χ4v) is 6.97. The van der Waals surface area contributed by atoms with Crippen LogP contribution in [0, 0.1) is 11.3 Å². The molecule has 4 rings (SSSR count). The smallest absolute Gasteiger partial charge is 0.295 e. The van der Waals surface area contributed by atoms with Gasteiger partial charge in [0.15, 0.2) is 5.82 Å². The first-order valence-corrected chi connectivity index (χ1v) is 19.8. The Morgan fingerprint density at radius 3 is 2.30 bits per heavy atom. The van der Waals surface area contributed by atoms with Gasteiger partial charge in [0.05, 0.1) is 28.4 Å². The Hall–Kier alpha value is -5.00. The van der Waals surface area contributed by atoms with Gasteiger partial charge in [-0.05, 0) is 77.8 Å². The number of nitrogens with zero attached hydrogens (tertiary/aromatic N) is 6. The average Bonchev–Trinajstić information content (AvgIpc) is 3.44. The van der Waals surface area contributed by atoms with Crippen molar-refractivity contribution in [2.45, 2.75) is 51.3 Å². The van der Waals surface area contributed by atoms with Gasteiger partial charge >= 0.3 is 0 Å². The van der Waals surface area contributed by atoms with Crippen molar-refractivity contribution in [3.05, 3.63) is 82.0 Å². The van der Waals surface area contributed by atoms with Gasteiger partial charge in [0, 0.05) is 41.3 Å². The van der Waals surface area contributed by atoms with E-state index in [1.54, 1.807) is 24.3 Å². The van der Waals surface area contributed by atoms with Crippen LogP contribution in [0.2, 0.25) is 0 Å². The molecule has 0 saturated carbocycles. The van der Waals surface area contributed by atoms with Crippen LogP contribution in [0.25, 0.3) is 5.69 Å². The van der Waals surface area contributed by atoms with Gasteiger partial charge in [-0.2, -0.15) is 27.2 Å². The number of amides is 2. The van der Waals surface area contributed by atoms with Crippen LogP contribution in [0.4, 0.5) is 28.6 Å². The van der Waals surface area contributed by atoms with Crippen molar-refractivity contribution in [3.8, 4) is 11.8 Å². The fraction of sp³-hybridized carbons (Fsp3) is 0.294. The predicted octanol–water partition coefficient (Wildman–Crippen LogP) is 6.78. The van der Waals surface area contributed by atoms with Crippen molar-refractivity contribution in [2.75, 3.05) is 34.4 Å². The van der Waals surface area contributed by atoms with E-state index in [0.29, 0.717) is 40.3 Å². The van der Waals surface area contributed by atoms with Crippen molar-refractivity contribution >= 4 is 76.5 Å². The Labute approximate surface area is 315 Å². The number of azo groups is 1. The third kappa shape index (κ3) is 10.3. The van der Waals surface area contributed by atoms with E-state index in [1.807, 2.05) is 32.6 Å². The molecule has 0 unspecified atom stereocenters. The Morgan fingerprint density at radius 2 is 1.72 bits per heavy atom. The number of carbonyl (C=O) groups is 2. The number of benzene rings is 3. The van der Waals surface area contributed by atoms with E-state index in [1.165, 1.54) is 41.9 Å². The maximum atomic E-state index is 13.0.